The fraction of sp³-hybridized carbons (Fsp3) is 0.680. The van der Waals surface area contributed by atoms with Crippen molar-refractivity contribution in [1.82, 2.24) is 4.73 Å². The van der Waals surface area contributed by atoms with Crippen LogP contribution in [0.1, 0.15) is 108 Å². The van der Waals surface area contributed by atoms with Crippen LogP contribution in [-0.2, 0) is 6.42 Å². The van der Waals surface area contributed by atoms with Crippen molar-refractivity contribution in [3.05, 3.63) is 40.6 Å². The van der Waals surface area contributed by atoms with Crippen LogP contribution in [0, 0.1) is 11.8 Å². The van der Waals surface area contributed by atoms with E-state index < -0.39 is 0 Å². The molecule has 0 fully saturated rings. The predicted molar refractivity (Wildman–Crippen MR) is 121 cm³/mol. The van der Waals surface area contributed by atoms with E-state index in [1.54, 1.807) is 12.1 Å². The first kappa shape index (κ1) is 23.4. The number of unbranched alkanes of at least 4 members (excludes halogenated alkanes) is 13. The lowest BCUT2D eigenvalue weighted by Gasteiger charge is -2.06. The number of para-hydroxylation sites is 2. The third-order valence-electron chi connectivity index (χ3n) is 6.08. The van der Waals surface area contributed by atoms with Crippen molar-refractivity contribution < 1.29 is 9.63 Å². The van der Waals surface area contributed by atoms with Gasteiger partial charge >= 0.3 is 0 Å². The van der Waals surface area contributed by atoms with Gasteiger partial charge in [0.1, 0.15) is 5.69 Å². The van der Waals surface area contributed by atoms with Gasteiger partial charge in [0, 0.05) is 17.4 Å². The van der Waals surface area contributed by atoms with Gasteiger partial charge in [-0.2, -0.15) is 4.73 Å². The summed E-state index contributed by atoms with van der Waals surface area (Å²) in [7, 11) is 0. The second kappa shape index (κ2) is 13.4. The van der Waals surface area contributed by atoms with Crippen molar-refractivity contribution >= 4 is 11.0 Å². The van der Waals surface area contributed by atoms with Crippen molar-refractivity contribution in [3.63, 3.8) is 0 Å². The van der Waals surface area contributed by atoms with E-state index in [0.717, 1.165) is 28.4 Å². The molecule has 0 unspecified atom stereocenters. The molecule has 0 amide bonds. The minimum Gasteiger partial charge on any atom is -0.428 e. The fourth-order valence-electron chi connectivity index (χ4n) is 4.18. The average Bonchev–Trinajstić information content (AvgIpc) is 2.74. The average molecular weight is 402 g/mol. The zero-order valence-corrected chi connectivity index (χ0v) is 18.7. The first-order valence-electron chi connectivity index (χ1n) is 11.9. The monoisotopic (exact) mass is 401 g/mol. The van der Waals surface area contributed by atoms with Gasteiger partial charge in [-0.15, -0.1) is 0 Å². The number of nitrogens with zero attached hydrogens (tertiary/aromatic N) is 2. The first-order chi connectivity index (χ1) is 14.2. The maximum Gasteiger partial charge on any atom is 0.290 e. The minimum absolute atomic E-state index is 0.529. The molecule has 0 saturated carbocycles. The molecule has 162 valence electrons. The Balaban J connectivity index is 1.58. The smallest absolute Gasteiger partial charge is 0.290 e. The number of hydrogen-bond acceptors (Lipinski definition) is 2. The van der Waals surface area contributed by atoms with Gasteiger partial charge < -0.3 is 5.21 Å². The highest BCUT2D eigenvalue weighted by Gasteiger charge is 2.21. The molecule has 0 radical (unpaired) electrons. The van der Waals surface area contributed by atoms with Crippen molar-refractivity contribution in [2.75, 3.05) is 0 Å². The second-order valence-electron chi connectivity index (χ2n) is 8.47. The Kier molecular flexibility index (Phi) is 10.8. The van der Waals surface area contributed by atoms with Crippen LogP contribution >= 0.6 is 0 Å². The summed E-state index contributed by atoms with van der Waals surface area (Å²) in [6.07, 6.45) is 19.3. The molecule has 1 aromatic heterocycles. The topological polar surface area (TPSA) is 48.1 Å². The highest BCUT2D eigenvalue weighted by molar-refractivity contribution is 5.71. The number of hydrogen-bond donors (Lipinski definition) is 1. The van der Waals surface area contributed by atoms with Crippen molar-refractivity contribution in [1.29, 1.82) is 0 Å². The van der Waals surface area contributed by atoms with Crippen LogP contribution in [-0.4, -0.2) is 9.94 Å². The summed E-state index contributed by atoms with van der Waals surface area (Å²) in [5.74, 6) is 0. The van der Waals surface area contributed by atoms with Gasteiger partial charge in [-0.3, -0.25) is 0 Å². The highest BCUT2D eigenvalue weighted by atomic mass is 16.5. The van der Waals surface area contributed by atoms with E-state index in [1.165, 1.54) is 77.0 Å². The number of fused-ring (bicyclic) bond motifs is 1. The molecule has 2 aromatic rings. The summed E-state index contributed by atoms with van der Waals surface area (Å²) < 4.78 is 2.16. The Morgan fingerprint density at radius 3 is 1.83 bits per heavy atom. The molecule has 0 aliphatic heterocycles. The van der Waals surface area contributed by atoms with E-state index in [9.17, 15) is 10.1 Å². The Hall–Kier alpha value is -1.84. The van der Waals surface area contributed by atoms with Crippen LogP contribution in [0.2, 0.25) is 0 Å². The molecule has 0 aliphatic rings. The lowest BCUT2D eigenvalue weighted by molar-refractivity contribution is -0.476. The molecule has 1 heterocycles. The molecular formula is C25H41N2O2+. The molecule has 29 heavy (non-hydrogen) atoms. The summed E-state index contributed by atoms with van der Waals surface area (Å²) in [5, 5.41) is 10.3. The molecule has 1 aromatic carbocycles. The minimum atomic E-state index is 0.529. The van der Waals surface area contributed by atoms with E-state index in [1.807, 2.05) is 19.1 Å². The van der Waals surface area contributed by atoms with Crippen LogP contribution < -0.4 is 4.43 Å². The van der Waals surface area contributed by atoms with Gasteiger partial charge in [-0.05, 0) is 19.4 Å². The molecule has 4 heteroatoms. The fourth-order valence-corrected chi connectivity index (χ4v) is 4.18. The summed E-state index contributed by atoms with van der Waals surface area (Å²) in [6.45, 7) is 4.09. The molecule has 4 nitrogen and oxygen atoms in total. The van der Waals surface area contributed by atoms with E-state index in [-0.39, 0.29) is 0 Å². The lowest BCUT2D eigenvalue weighted by Crippen LogP contribution is -2.27. The van der Waals surface area contributed by atoms with E-state index in [2.05, 4.69) is 6.92 Å². The van der Waals surface area contributed by atoms with E-state index in [4.69, 9.17) is 0 Å². The maximum absolute atomic E-state index is 12.7. The van der Waals surface area contributed by atoms with Crippen molar-refractivity contribution in [2.24, 2.45) is 0 Å². The van der Waals surface area contributed by atoms with Crippen LogP contribution in [0.4, 0.5) is 0 Å². The summed E-state index contributed by atoms with van der Waals surface area (Å²) in [5.41, 5.74) is 2.42. The number of benzene rings is 1. The van der Waals surface area contributed by atoms with Crippen molar-refractivity contribution in [3.8, 4) is 0 Å². The highest BCUT2D eigenvalue weighted by Crippen LogP contribution is 2.16. The SMILES string of the molecule is CCCCCCCCCCCCCCCCc1c(C)n(O)c2ccccc2[n+]1=O. The zero-order valence-electron chi connectivity index (χ0n) is 18.7. The predicted octanol–water partition coefficient (Wildman–Crippen LogP) is 7.13. The molecule has 0 saturated heterocycles. The lowest BCUT2D eigenvalue weighted by atomic mass is 10.0. The van der Waals surface area contributed by atoms with Crippen molar-refractivity contribution in [2.45, 2.75) is 110 Å². The normalized spacial score (nSPS) is 11.4. The molecule has 1 N–H and O–H groups in total. The third-order valence-corrected chi connectivity index (χ3v) is 6.08. The Morgan fingerprint density at radius 2 is 1.28 bits per heavy atom. The van der Waals surface area contributed by atoms with E-state index >= 15 is 0 Å². The largest absolute Gasteiger partial charge is 0.428 e. The van der Waals surface area contributed by atoms with Gasteiger partial charge in [0.2, 0.25) is 0 Å². The summed E-state index contributed by atoms with van der Waals surface area (Å²) in [4.78, 5) is 12.7. The Morgan fingerprint density at radius 1 is 0.793 bits per heavy atom. The van der Waals surface area contributed by atoms with E-state index in [0.29, 0.717) is 22.4 Å². The van der Waals surface area contributed by atoms with Gasteiger partial charge in [0.25, 0.3) is 11.2 Å². The molecule has 0 bridgehead atoms. The molecule has 0 aliphatic carbocycles. The second-order valence-corrected chi connectivity index (χ2v) is 8.47. The molecular weight excluding hydrogens is 360 g/mol. The van der Waals surface area contributed by atoms with Gasteiger partial charge in [0.05, 0.1) is 4.43 Å². The van der Waals surface area contributed by atoms with Gasteiger partial charge in [-0.1, -0.05) is 103 Å². The molecule has 2 rings (SSSR count). The number of rotatable bonds is 15. The summed E-state index contributed by atoms with van der Waals surface area (Å²) >= 11 is 0. The standard InChI is InChI=1S/C25H41N2O2/c1-3-4-5-6-7-8-9-10-11-12-13-14-15-16-19-23-22(2)26(28)24-20-17-18-21-25(24)27(23)29/h17-18,20-21,28H,3-16,19H2,1-2H3/q+1. The summed E-state index contributed by atoms with van der Waals surface area (Å²) in [6, 6.07) is 7.21. The Bertz CT molecular complexity index is 782. The van der Waals surface area contributed by atoms with Crippen LogP contribution in [0.5, 0.6) is 0 Å². The molecule has 0 atom stereocenters. The van der Waals surface area contributed by atoms with Crippen LogP contribution in [0.3, 0.4) is 0 Å². The quantitative estimate of drug-likeness (QED) is 0.196. The first-order valence-corrected chi connectivity index (χ1v) is 11.9. The van der Waals surface area contributed by atoms with Crippen LogP contribution in [0.15, 0.2) is 24.3 Å². The number of aromatic nitrogens is 2. The Labute approximate surface area is 176 Å². The van der Waals surface area contributed by atoms with Gasteiger partial charge in [0.15, 0.2) is 5.52 Å². The third kappa shape index (κ3) is 7.49. The zero-order chi connectivity index (χ0) is 20.9. The van der Waals surface area contributed by atoms with Gasteiger partial charge in [-0.25, -0.2) is 0 Å². The van der Waals surface area contributed by atoms with Crippen LogP contribution in [0.25, 0.3) is 11.0 Å². The molecule has 0 spiro atoms. The maximum atomic E-state index is 12.7.